The Morgan fingerprint density at radius 3 is 3.06 bits per heavy atom. The third kappa shape index (κ3) is 2.91. The summed E-state index contributed by atoms with van der Waals surface area (Å²) in [6, 6.07) is 5.28. The van der Waals surface area contributed by atoms with Crippen LogP contribution in [-0.2, 0) is 0 Å². The Balaban J connectivity index is 1.98. The normalized spacial score (nSPS) is 22.2. The first kappa shape index (κ1) is 12.2. The van der Waals surface area contributed by atoms with Crippen LogP contribution in [0.2, 0.25) is 5.02 Å². The largest absolute Gasteiger partial charge is 0.398 e. The Hall–Kier alpha value is -1.22. The summed E-state index contributed by atoms with van der Waals surface area (Å²) >= 11 is 5.86. The lowest BCUT2D eigenvalue weighted by molar-refractivity contribution is 0.0949. The number of hydrogen-bond donors (Lipinski definition) is 2. The van der Waals surface area contributed by atoms with Gasteiger partial charge >= 0.3 is 0 Å². The van der Waals surface area contributed by atoms with Gasteiger partial charge in [-0.3, -0.25) is 4.79 Å². The third-order valence-electron chi connectivity index (χ3n) is 3.16. The van der Waals surface area contributed by atoms with E-state index in [1.165, 1.54) is 6.42 Å². The number of carbonyl (C=O) groups is 1. The standard InChI is InChI=1S/C13H17ClN2O/c1-2-3-8-6-12(8)16-13(17)10-7-9(14)4-5-11(10)15/h4-5,7-8,12H,2-3,6,15H2,1H3,(H,16,17). The van der Waals surface area contributed by atoms with Gasteiger partial charge in [0.15, 0.2) is 0 Å². The summed E-state index contributed by atoms with van der Waals surface area (Å²) in [6.45, 7) is 2.16. The molecule has 1 saturated carbocycles. The minimum atomic E-state index is -0.117. The molecule has 0 aliphatic heterocycles. The molecule has 1 fully saturated rings. The van der Waals surface area contributed by atoms with Gasteiger partial charge in [0, 0.05) is 16.8 Å². The van der Waals surface area contributed by atoms with Gasteiger partial charge in [-0.1, -0.05) is 24.9 Å². The molecule has 2 rings (SSSR count). The molecule has 2 atom stereocenters. The Kier molecular flexibility index (Phi) is 3.57. The number of nitrogens with two attached hydrogens (primary N) is 1. The van der Waals surface area contributed by atoms with E-state index in [0.717, 1.165) is 12.8 Å². The van der Waals surface area contributed by atoms with Gasteiger partial charge in [-0.2, -0.15) is 0 Å². The minimum absolute atomic E-state index is 0.117. The van der Waals surface area contributed by atoms with E-state index < -0.39 is 0 Å². The van der Waals surface area contributed by atoms with Gasteiger partial charge in [-0.05, 0) is 37.0 Å². The minimum Gasteiger partial charge on any atom is -0.398 e. The summed E-state index contributed by atoms with van der Waals surface area (Å²) in [5.41, 5.74) is 6.70. The fraction of sp³-hybridized carbons (Fsp3) is 0.462. The molecule has 17 heavy (non-hydrogen) atoms. The molecule has 1 aromatic carbocycles. The van der Waals surface area contributed by atoms with Crippen LogP contribution < -0.4 is 11.1 Å². The van der Waals surface area contributed by atoms with Gasteiger partial charge in [0.05, 0.1) is 5.56 Å². The highest BCUT2D eigenvalue weighted by Crippen LogP contribution is 2.35. The van der Waals surface area contributed by atoms with Crippen molar-refractivity contribution in [3.8, 4) is 0 Å². The first-order chi connectivity index (χ1) is 8.11. The molecule has 2 unspecified atom stereocenters. The number of halogens is 1. The molecule has 0 spiro atoms. The van der Waals surface area contributed by atoms with E-state index >= 15 is 0 Å². The van der Waals surface area contributed by atoms with E-state index in [4.69, 9.17) is 17.3 Å². The van der Waals surface area contributed by atoms with Crippen molar-refractivity contribution in [3.05, 3.63) is 28.8 Å². The van der Waals surface area contributed by atoms with Gasteiger partial charge in [-0.15, -0.1) is 0 Å². The first-order valence-corrected chi connectivity index (χ1v) is 6.35. The van der Waals surface area contributed by atoms with Crippen LogP contribution in [0, 0.1) is 5.92 Å². The molecule has 0 aromatic heterocycles. The molecule has 4 heteroatoms. The van der Waals surface area contributed by atoms with Gasteiger partial charge in [-0.25, -0.2) is 0 Å². The second-order valence-corrected chi connectivity index (χ2v) is 5.03. The zero-order valence-electron chi connectivity index (χ0n) is 9.87. The number of hydrogen-bond acceptors (Lipinski definition) is 2. The van der Waals surface area contributed by atoms with Crippen LogP contribution in [0.1, 0.15) is 36.5 Å². The lowest BCUT2D eigenvalue weighted by Crippen LogP contribution is -2.27. The number of anilines is 1. The van der Waals surface area contributed by atoms with Gasteiger partial charge < -0.3 is 11.1 Å². The monoisotopic (exact) mass is 252 g/mol. The lowest BCUT2D eigenvalue weighted by Gasteiger charge is -2.07. The zero-order valence-corrected chi connectivity index (χ0v) is 10.6. The number of nitrogens with one attached hydrogen (secondary N) is 1. The zero-order chi connectivity index (χ0) is 12.4. The summed E-state index contributed by atoms with van der Waals surface area (Å²) < 4.78 is 0. The van der Waals surface area contributed by atoms with Crippen molar-refractivity contribution in [2.75, 3.05) is 5.73 Å². The summed E-state index contributed by atoms with van der Waals surface area (Å²) in [7, 11) is 0. The van der Waals surface area contributed by atoms with E-state index in [-0.39, 0.29) is 5.91 Å². The van der Waals surface area contributed by atoms with Crippen molar-refractivity contribution >= 4 is 23.2 Å². The molecule has 0 bridgehead atoms. The Morgan fingerprint density at radius 2 is 2.35 bits per heavy atom. The smallest absolute Gasteiger partial charge is 0.253 e. The number of carbonyl (C=O) groups excluding carboxylic acids is 1. The molecule has 92 valence electrons. The van der Waals surface area contributed by atoms with Crippen LogP contribution in [-0.4, -0.2) is 11.9 Å². The van der Waals surface area contributed by atoms with Gasteiger partial charge in [0.1, 0.15) is 0 Å². The molecule has 3 N–H and O–H groups in total. The maximum absolute atomic E-state index is 12.0. The average Bonchev–Trinajstić information content (AvgIpc) is 3.00. The first-order valence-electron chi connectivity index (χ1n) is 5.97. The quantitative estimate of drug-likeness (QED) is 0.810. The van der Waals surface area contributed by atoms with Crippen LogP contribution in [0.5, 0.6) is 0 Å². The predicted molar refractivity (Wildman–Crippen MR) is 70.1 cm³/mol. The van der Waals surface area contributed by atoms with Crippen molar-refractivity contribution in [2.45, 2.75) is 32.2 Å². The number of amides is 1. The lowest BCUT2D eigenvalue weighted by atomic mass is 10.1. The van der Waals surface area contributed by atoms with Crippen molar-refractivity contribution < 1.29 is 4.79 Å². The second kappa shape index (κ2) is 4.96. The fourth-order valence-corrected chi connectivity index (χ4v) is 2.26. The maximum atomic E-state index is 12.0. The molecule has 0 heterocycles. The Bertz CT molecular complexity index is 433. The summed E-state index contributed by atoms with van der Waals surface area (Å²) in [5.74, 6) is 0.526. The van der Waals surface area contributed by atoms with Crippen LogP contribution in [0.4, 0.5) is 5.69 Å². The van der Waals surface area contributed by atoms with E-state index in [1.807, 2.05) is 0 Å². The summed E-state index contributed by atoms with van der Waals surface area (Å²) in [5, 5.41) is 3.53. The SMILES string of the molecule is CCCC1CC1NC(=O)c1cc(Cl)ccc1N. The van der Waals surface area contributed by atoms with Crippen molar-refractivity contribution in [2.24, 2.45) is 5.92 Å². The molecule has 1 aromatic rings. The van der Waals surface area contributed by atoms with Crippen LogP contribution in [0.25, 0.3) is 0 Å². The number of rotatable bonds is 4. The highest BCUT2D eigenvalue weighted by molar-refractivity contribution is 6.31. The van der Waals surface area contributed by atoms with Crippen LogP contribution in [0.15, 0.2) is 18.2 Å². The Morgan fingerprint density at radius 1 is 1.59 bits per heavy atom. The topological polar surface area (TPSA) is 55.1 Å². The van der Waals surface area contributed by atoms with E-state index in [1.54, 1.807) is 18.2 Å². The number of benzene rings is 1. The highest BCUT2D eigenvalue weighted by atomic mass is 35.5. The Labute approximate surface area is 106 Å². The predicted octanol–water partition coefficient (Wildman–Crippen LogP) is 2.84. The van der Waals surface area contributed by atoms with Crippen LogP contribution in [0.3, 0.4) is 0 Å². The maximum Gasteiger partial charge on any atom is 0.253 e. The molecular formula is C13H17ClN2O. The molecule has 3 nitrogen and oxygen atoms in total. The molecule has 1 aliphatic carbocycles. The van der Waals surface area contributed by atoms with E-state index in [9.17, 15) is 4.79 Å². The highest BCUT2D eigenvalue weighted by Gasteiger charge is 2.37. The number of nitrogen functional groups attached to an aromatic ring is 1. The van der Waals surface area contributed by atoms with Crippen LogP contribution >= 0.6 is 11.6 Å². The van der Waals surface area contributed by atoms with Gasteiger partial charge in [0.2, 0.25) is 0 Å². The van der Waals surface area contributed by atoms with Crippen molar-refractivity contribution in [1.29, 1.82) is 0 Å². The molecular weight excluding hydrogens is 236 g/mol. The third-order valence-corrected chi connectivity index (χ3v) is 3.39. The summed E-state index contributed by atoms with van der Waals surface area (Å²) in [4.78, 5) is 12.0. The summed E-state index contributed by atoms with van der Waals surface area (Å²) in [6.07, 6.45) is 3.42. The van der Waals surface area contributed by atoms with Gasteiger partial charge in [0.25, 0.3) is 5.91 Å². The van der Waals surface area contributed by atoms with E-state index in [2.05, 4.69) is 12.2 Å². The molecule has 1 amide bonds. The van der Waals surface area contributed by atoms with Crippen molar-refractivity contribution in [1.82, 2.24) is 5.32 Å². The fourth-order valence-electron chi connectivity index (χ4n) is 2.09. The molecule has 0 radical (unpaired) electrons. The van der Waals surface area contributed by atoms with E-state index in [0.29, 0.717) is 28.2 Å². The molecule has 0 saturated heterocycles. The van der Waals surface area contributed by atoms with Crippen molar-refractivity contribution in [3.63, 3.8) is 0 Å². The average molecular weight is 253 g/mol. The second-order valence-electron chi connectivity index (χ2n) is 4.60. The molecule has 1 aliphatic rings.